The minimum Gasteiger partial charge on any atom is -0.319 e. The van der Waals surface area contributed by atoms with Crippen molar-refractivity contribution >= 4 is 37.5 Å². The number of sulfonamides is 1. The number of hydrogen-bond donors (Lipinski definition) is 2. The lowest BCUT2D eigenvalue weighted by Gasteiger charge is -2.10. The van der Waals surface area contributed by atoms with Crippen LogP contribution in [-0.4, -0.2) is 21.4 Å². The van der Waals surface area contributed by atoms with Crippen molar-refractivity contribution in [2.75, 3.05) is 12.4 Å². The highest BCUT2D eigenvalue weighted by molar-refractivity contribution is 9.10. The fourth-order valence-corrected chi connectivity index (χ4v) is 2.93. The third-order valence-electron chi connectivity index (χ3n) is 2.94. The molecule has 0 atom stereocenters. The van der Waals surface area contributed by atoms with Gasteiger partial charge in [0, 0.05) is 10.5 Å². The average molecular weight is 405 g/mol. The molecule has 0 bridgehead atoms. The van der Waals surface area contributed by atoms with Gasteiger partial charge in [0.05, 0.1) is 16.1 Å². The summed E-state index contributed by atoms with van der Waals surface area (Å²) in [5, 5.41) is 2.27. The first-order chi connectivity index (χ1) is 10.7. The molecule has 0 radical (unpaired) electrons. The smallest absolute Gasteiger partial charge is 0.256 e. The molecule has 23 heavy (non-hydrogen) atoms. The molecule has 122 valence electrons. The van der Waals surface area contributed by atoms with Crippen LogP contribution in [0.5, 0.6) is 0 Å². The quantitative estimate of drug-likeness (QED) is 0.822. The molecular formula is C14H11BrF2N2O3S. The second kappa shape index (κ2) is 6.73. The van der Waals surface area contributed by atoms with Gasteiger partial charge in [-0.05, 0) is 53.3 Å². The molecule has 0 fully saturated rings. The Balaban J connectivity index is 2.37. The van der Waals surface area contributed by atoms with Crippen molar-refractivity contribution in [2.24, 2.45) is 0 Å². The van der Waals surface area contributed by atoms with Crippen LogP contribution in [0.4, 0.5) is 14.5 Å². The molecule has 0 heterocycles. The largest absolute Gasteiger partial charge is 0.319 e. The summed E-state index contributed by atoms with van der Waals surface area (Å²) < 4.78 is 52.5. The van der Waals surface area contributed by atoms with Crippen molar-refractivity contribution in [3.05, 3.63) is 58.1 Å². The molecule has 5 nitrogen and oxygen atoms in total. The van der Waals surface area contributed by atoms with E-state index in [9.17, 15) is 22.0 Å². The first kappa shape index (κ1) is 17.5. The average Bonchev–Trinajstić information content (AvgIpc) is 2.50. The van der Waals surface area contributed by atoms with Crippen LogP contribution in [0.15, 0.2) is 45.8 Å². The number of amides is 1. The van der Waals surface area contributed by atoms with Gasteiger partial charge < -0.3 is 5.32 Å². The summed E-state index contributed by atoms with van der Waals surface area (Å²) in [4.78, 5) is 12.1. The van der Waals surface area contributed by atoms with Crippen molar-refractivity contribution in [3.63, 3.8) is 0 Å². The zero-order valence-corrected chi connectivity index (χ0v) is 14.1. The van der Waals surface area contributed by atoms with Gasteiger partial charge in [0.2, 0.25) is 10.0 Å². The first-order valence-corrected chi connectivity index (χ1v) is 8.51. The minimum atomic E-state index is -3.73. The van der Waals surface area contributed by atoms with Crippen LogP contribution < -0.4 is 10.0 Å². The van der Waals surface area contributed by atoms with E-state index in [4.69, 9.17) is 0 Å². The number of nitrogens with one attached hydrogen (secondary N) is 2. The van der Waals surface area contributed by atoms with Gasteiger partial charge >= 0.3 is 0 Å². The van der Waals surface area contributed by atoms with Gasteiger partial charge in [-0.2, -0.15) is 0 Å². The Bertz CT molecular complexity index is 872. The topological polar surface area (TPSA) is 75.3 Å². The summed E-state index contributed by atoms with van der Waals surface area (Å²) in [5.41, 5.74) is -0.227. The van der Waals surface area contributed by atoms with Crippen molar-refractivity contribution in [3.8, 4) is 0 Å². The van der Waals surface area contributed by atoms with E-state index in [1.54, 1.807) is 0 Å². The van der Waals surface area contributed by atoms with E-state index in [0.717, 1.165) is 18.2 Å². The van der Waals surface area contributed by atoms with Crippen LogP contribution >= 0.6 is 15.9 Å². The maximum absolute atomic E-state index is 13.6. The van der Waals surface area contributed by atoms with Gasteiger partial charge in [-0.25, -0.2) is 21.9 Å². The molecule has 2 aromatic rings. The number of anilines is 1. The fraction of sp³-hybridized carbons (Fsp3) is 0.0714. The maximum Gasteiger partial charge on any atom is 0.256 e. The predicted octanol–water partition coefficient (Wildman–Crippen LogP) is 2.89. The summed E-state index contributed by atoms with van der Waals surface area (Å²) in [6.07, 6.45) is 0. The molecule has 0 aliphatic rings. The molecule has 2 rings (SSSR count). The highest BCUT2D eigenvalue weighted by Crippen LogP contribution is 2.23. The van der Waals surface area contributed by atoms with Crippen LogP contribution in [-0.2, 0) is 10.0 Å². The molecule has 0 aliphatic carbocycles. The molecule has 0 saturated heterocycles. The van der Waals surface area contributed by atoms with E-state index in [1.165, 1.54) is 19.2 Å². The number of halogens is 3. The molecule has 9 heteroatoms. The lowest BCUT2D eigenvalue weighted by Crippen LogP contribution is -2.20. The Morgan fingerprint density at radius 3 is 2.43 bits per heavy atom. The van der Waals surface area contributed by atoms with Gasteiger partial charge in [-0.15, -0.1) is 0 Å². The fourth-order valence-electron chi connectivity index (χ4n) is 1.74. The summed E-state index contributed by atoms with van der Waals surface area (Å²) in [6.45, 7) is 0. The van der Waals surface area contributed by atoms with Gasteiger partial charge in [-0.1, -0.05) is 0 Å². The van der Waals surface area contributed by atoms with Crippen LogP contribution in [0.1, 0.15) is 10.4 Å². The van der Waals surface area contributed by atoms with Crippen LogP contribution in [0.2, 0.25) is 0 Å². The van der Waals surface area contributed by atoms with Gasteiger partial charge in [0.1, 0.15) is 11.6 Å². The van der Waals surface area contributed by atoms with E-state index in [2.05, 4.69) is 26.0 Å². The monoisotopic (exact) mass is 404 g/mol. The van der Waals surface area contributed by atoms with Crippen molar-refractivity contribution in [1.29, 1.82) is 0 Å². The van der Waals surface area contributed by atoms with Gasteiger partial charge in [0.15, 0.2) is 0 Å². The molecule has 2 aromatic carbocycles. The number of benzene rings is 2. The minimum absolute atomic E-state index is 0.00921. The van der Waals surface area contributed by atoms with Gasteiger partial charge in [-0.3, -0.25) is 4.79 Å². The van der Waals surface area contributed by atoms with Gasteiger partial charge in [0.25, 0.3) is 5.91 Å². The maximum atomic E-state index is 13.6. The Hall–Kier alpha value is -1.84. The molecule has 1 amide bonds. The zero-order chi connectivity index (χ0) is 17.2. The third kappa shape index (κ3) is 3.92. The number of carbonyl (C=O) groups excluding carboxylic acids is 1. The molecular weight excluding hydrogens is 394 g/mol. The molecule has 0 aromatic heterocycles. The lowest BCUT2D eigenvalue weighted by molar-refractivity contribution is 0.102. The summed E-state index contributed by atoms with van der Waals surface area (Å²) in [5.74, 6) is -2.45. The van der Waals surface area contributed by atoms with E-state index in [-0.39, 0.29) is 16.1 Å². The van der Waals surface area contributed by atoms with Crippen molar-refractivity contribution in [1.82, 2.24) is 4.72 Å². The Kier molecular flexibility index (Phi) is 5.12. The van der Waals surface area contributed by atoms with E-state index in [1.807, 2.05) is 0 Å². The van der Waals surface area contributed by atoms with Crippen LogP contribution in [0.25, 0.3) is 0 Å². The SMILES string of the molecule is CNS(=O)(=O)c1ccc(Br)c(C(=O)Nc2ccc(F)cc2F)c1. The van der Waals surface area contributed by atoms with E-state index in [0.29, 0.717) is 10.5 Å². The standard InChI is InChI=1S/C14H11BrF2N2O3S/c1-18-23(21,22)9-3-4-11(15)10(7-9)14(20)19-13-5-2-8(16)6-12(13)17/h2-7,18H,1H3,(H,19,20). The summed E-state index contributed by atoms with van der Waals surface area (Å²) >= 11 is 3.13. The highest BCUT2D eigenvalue weighted by Gasteiger charge is 2.18. The second-order valence-corrected chi connectivity index (χ2v) is 7.17. The van der Waals surface area contributed by atoms with E-state index >= 15 is 0 Å². The summed E-state index contributed by atoms with van der Waals surface area (Å²) in [6, 6.07) is 6.55. The Labute approximate surface area is 139 Å². The second-order valence-electron chi connectivity index (χ2n) is 4.43. The van der Waals surface area contributed by atoms with Crippen LogP contribution in [0, 0.1) is 11.6 Å². The number of carbonyl (C=O) groups is 1. The van der Waals surface area contributed by atoms with Crippen molar-refractivity contribution < 1.29 is 22.0 Å². The molecule has 0 aliphatic heterocycles. The predicted molar refractivity (Wildman–Crippen MR) is 84.7 cm³/mol. The zero-order valence-electron chi connectivity index (χ0n) is 11.7. The Morgan fingerprint density at radius 2 is 1.83 bits per heavy atom. The molecule has 0 unspecified atom stereocenters. The highest BCUT2D eigenvalue weighted by atomic mass is 79.9. The molecule has 2 N–H and O–H groups in total. The summed E-state index contributed by atoms with van der Waals surface area (Å²) in [7, 11) is -2.49. The lowest BCUT2D eigenvalue weighted by atomic mass is 10.2. The van der Waals surface area contributed by atoms with E-state index < -0.39 is 27.6 Å². The third-order valence-corrected chi connectivity index (χ3v) is 5.04. The molecule has 0 spiro atoms. The van der Waals surface area contributed by atoms with Crippen LogP contribution in [0.3, 0.4) is 0 Å². The normalized spacial score (nSPS) is 11.3. The van der Waals surface area contributed by atoms with Crippen molar-refractivity contribution in [2.45, 2.75) is 4.90 Å². The molecule has 0 saturated carbocycles. The first-order valence-electron chi connectivity index (χ1n) is 6.24. The number of hydrogen-bond acceptors (Lipinski definition) is 3. The Morgan fingerprint density at radius 1 is 1.13 bits per heavy atom. The number of rotatable bonds is 4.